The van der Waals surface area contributed by atoms with Gasteiger partial charge in [0.1, 0.15) is 5.75 Å². The minimum absolute atomic E-state index is 0.137. The largest absolute Gasteiger partial charge is 0.497 e. The van der Waals surface area contributed by atoms with Crippen molar-refractivity contribution in [3.05, 3.63) is 82.9 Å². The van der Waals surface area contributed by atoms with Crippen molar-refractivity contribution in [3.8, 4) is 5.75 Å². The molecule has 3 aromatic rings. The number of hydrogen-bond acceptors (Lipinski definition) is 6. The highest BCUT2D eigenvalue weighted by Gasteiger charge is 2.26. The van der Waals surface area contributed by atoms with E-state index >= 15 is 0 Å². The number of fused-ring (bicyclic) bond motifs is 2. The maximum Gasteiger partial charge on any atom is 0.414 e. The molecule has 2 N–H and O–H groups in total. The molecule has 2 aliphatic heterocycles. The summed E-state index contributed by atoms with van der Waals surface area (Å²) >= 11 is 6.35. The number of aliphatic carboxylic acids is 2. The number of carbonyl (C=O) groups excluding carboxylic acids is 1. The van der Waals surface area contributed by atoms with Crippen LogP contribution in [0, 0.1) is 0 Å². The van der Waals surface area contributed by atoms with E-state index < -0.39 is 11.9 Å². The number of ether oxygens (including phenoxy) is 1. The van der Waals surface area contributed by atoms with Crippen LogP contribution < -0.4 is 14.5 Å². The van der Waals surface area contributed by atoms with E-state index in [1.54, 1.807) is 7.11 Å². The van der Waals surface area contributed by atoms with Crippen LogP contribution >= 0.6 is 11.6 Å². The lowest BCUT2D eigenvalue weighted by Crippen LogP contribution is -2.46. The first-order valence-corrected chi connectivity index (χ1v) is 13.9. The molecule has 9 nitrogen and oxygen atoms in total. The van der Waals surface area contributed by atoms with Gasteiger partial charge >= 0.3 is 11.9 Å². The summed E-state index contributed by atoms with van der Waals surface area (Å²) < 4.78 is 5.37. The first-order valence-electron chi connectivity index (χ1n) is 13.5. The quantitative estimate of drug-likeness (QED) is 0.398. The van der Waals surface area contributed by atoms with Gasteiger partial charge in [0.15, 0.2) is 0 Å². The van der Waals surface area contributed by atoms with Gasteiger partial charge < -0.3 is 19.8 Å². The third-order valence-electron chi connectivity index (χ3n) is 7.27. The summed E-state index contributed by atoms with van der Waals surface area (Å²) in [5, 5.41) is 15.4. The summed E-state index contributed by atoms with van der Waals surface area (Å²) in [7, 11) is 1.70. The Hall–Kier alpha value is -4.08. The molecular weight excluding hydrogens is 546 g/mol. The predicted octanol–water partition coefficient (Wildman–Crippen LogP) is 4.87. The highest BCUT2D eigenvalue weighted by molar-refractivity contribution is 6.31. The van der Waals surface area contributed by atoms with Gasteiger partial charge in [0.2, 0.25) is 5.91 Å². The number of amides is 1. The Kier molecular flexibility index (Phi) is 10.2. The molecule has 0 aliphatic carbocycles. The van der Waals surface area contributed by atoms with Crippen LogP contribution in [0.3, 0.4) is 0 Å². The zero-order valence-electron chi connectivity index (χ0n) is 23.0. The zero-order chi connectivity index (χ0) is 29.4. The van der Waals surface area contributed by atoms with Gasteiger partial charge in [-0.15, -0.1) is 0 Å². The van der Waals surface area contributed by atoms with E-state index in [0.717, 1.165) is 69.1 Å². The number of carbonyl (C=O) groups is 3. The summed E-state index contributed by atoms with van der Waals surface area (Å²) in [6, 6.07) is 22.4. The SMILES string of the molecule is COc1cccc(N2CCN(CCCC(=O)N3c4ccccc4CCc4ccc(Cl)cc43)CC2)c1.O=C(O)C(=O)O. The second-order valence-electron chi connectivity index (χ2n) is 9.87. The van der Waals surface area contributed by atoms with Crippen LogP contribution in [0.15, 0.2) is 66.7 Å². The van der Waals surface area contributed by atoms with Crippen LogP contribution in [0.4, 0.5) is 17.1 Å². The van der Waals surface area contributed by atoms with E-state index in [1.807, 2.05) is 35.2 Å². The Bertz CT molecular complexity index is 1380. The van der Waals surface area contributed by atoms with Crippen molar-refractivity contribution in [2.45, 2.75) is 25.7 Å². The first-order chi connectivity index (χ1) is 19.8. The number of halogens is 1. The summed E-state index contributed by atoms with van der Waals surface area (Å²) in [5.41, 5.74) is 5.51. The third kappa shape index (κ3) is 7.77. The topological polar surface area (TPSA) is 111 Å². The zero-order valence-corrected chi connectivity index (χ0v) is 23.7. The second-order valence-corrected chi connectivity index (χ2v) is 10.3. The summed E-state index contributed by atoms with van der Waals surface area (Å²) in [6.45, 7) is 4.88. The Morgan fingerprint density at radius 1 is 0.829 bits per heavy atom. The summed E-state index contributed by atoms with van der Waals surface area (Å²) in [6.07, 6.45) is 3.18. The third-order valence-corrected chi connectivity index (χ3v) is 7.51. The Morgan fingerprint density at radius 2 is 1.51 bits per heavy atom. The molecular formula is C31H34ClN3O6. The van der Waals surface area contributed by atoms with Crippen LogP contribution in [-0.2, 0) is 27.2 Å². The minimum Gasteiger partial charge on any atom is -0.497 e. The number of aryl methyl sites for hydroxylation is 2. The molecule has 0 saturated carbocycles. The Balaban J connectivity index is 0.000000585. The number of para-hydroxylation sites is 1. The molecule has 1 saturated heterocycles. The van der Waals surface area contributed by atoms with Crippen molar-refractivity contribution in [3.63, 3.8) is 0 Å². The number of carboxylic acid groups (broad SMARTS) is 2. The lowest BCUT2D eigenvalue weighted by Gasteiger charge is -2.36. The van der Waals surface area contributed by atoms with Gasteiger partial charge in [0.25, 0.3) is 0 Å². The molecule has 3 aromatic carbocycles. The summed E-state index contributed by atoms with van der Waals surface area (Å²) in [5.74, 6) is -2.62. The smallest absolute Gasteiger partial charge is 0.414 e. The number of hydrogen-bond donors (Lipinski definition) is 2. The van der Waals surface area contributed by atoms with Crippen LogP contribution in [0.1, 0.15) is 24.0 Å². The number of methoxy groups -OCH3 is 1. The van der Waals surface area contributed by atoms with Crippen molar-refractivity contribution >= 4 is 46.5 Å². The fourth-order valence-electron chi connectivity index (χ4n) is 5.17. The average molecular weight is 580 g/mol. The average Bonchev–Trinajstić information content (AvgIpc) is 3.14. The number of piperazine rings is 1. The number of anilines is 3. The van der Waals surface area contributed by atoms with Crippen molar-refractivity contribution in [2.24, 2.45) is 0 Å². The van der Waals surface area contributed by atoms with E-state index in [9.17, 15) is 4.79 Å². The number of carboxylic acids is 2. The maximum absolute atomic E-state index is 13.6. The molecule has 0 spiro atoms. The highest BCUT2D eigenvalue weighted by Crippen LogP contribution is 2.38. The molecule has 5 rings (SSSR count). The fraction of sp³-hybridized carbons (Fsp3) is 0.323. The van der Waals surface area contributed by atoms with Gasteiger partial charge in [0, 0.05) is 49.4 Å². The molecule has 0 bridgehead atoms. The van der Waals surface area contributed by atoms with E-state index in [-0.39, 0.29) is 5.91 Å². The molecule has 0 atom stereocenters. The van der Waals surface area contributed by atoms with Crippen LogP contribution in [-0.4, -0.2) is 72.8 Å². The Morgan fingerprint density at radius 3 is 2.20 bits per heavy atom. The van der Waals surface area contributed by atoms with E-state index in [2.05, 4.69) is 46.2 Å². The molecule has 1 fully saturated rings. The summed E-state index contributed by atoms with van der Waals surface area (Å²) in [4.78, 5) is 38.5. The molecule has 2 aliphatic rings. The van der Waals surface area contributed by atoms with E-state index in [1.165, 1.54) is 16.8 Å². The van der Waals surface area contributed by atoms with Gasteiger partial charge in [-0.05, 0) is 67.3 Å². The van der Waals surface area contributed by atoms with Gasteiger partial charge in [0.05, 0.1) is 18.5 Å². The van der Waals surface area contributed by atoms with E-state index in [4.69, 9.17) is 36.1 Å². The molecule has 0 unspecified atom stereocenters. The molecule has 0 aromatic heterocycles. The number of rotatable bonds is 6. The van der Waals surface area contributed by atoms with Gasteiger partial charge in [-0.3, -0.25) is 14.6 Å². The first kappa shape index (κ1) is 29.9. The van der Waals surface area contributed by atoms with Crippen molar-refractivity contribution in [2.75, 3.05) is 49.6 Å². The molecule has 0 radical (unpaired) electrons. The Labute approximate surface area is 244 Å². The molecule has 216 valence electrons. The molecule has 41 heavy (non-hydrogen) atoms. The monoisotopic (exact) mass is 579 g/mol. The predicted molar refractivity (Wildman–Crippen MR) is 159 cm³/mol. The van der Waals surface area contributed by atoms with Gasteiger partial charge in [-0.2, -0.15) is 0 Å². The lowest BCUT2D eigenvalue weighted by molar-refractivity contribution is -0.159. The normalized spacial score (nSPS) is 14.6. The van der Waals surface area contributed by atoms with Crippen molar-refractivity contribution in [1.29, 1.82) is 0 Å². The van der Waals surface area contributed by atoms with Crippen LogP contribution in [0.5, 0.6) is 5.75 Å². The van der Waals surface area contributed by atoms with Crippen molar-refractivity contribution < 1.29 is 29.3 Å². The maximum atomic E-state index is 13.6. The van der Waals surface area contributed by atoms with Crippen molar-refractivity contribution in [1.82, 2.24) is 4.90 Å². The minimum atomic E-state index is -1.82. The standard InChI is InChI=1S/C29H32ClN3O2.C2H2O4/c1-35-26-8-4-7-25(21-26)32-18-16-31(17-19-32)15-5-10-29(34)33-27-9-3-2-6-22(27)11-12-23-13-14-24(30)20-28(23)33;3-1(4)2(5)6/h2-4,6-9,13-14,20-21H,5,10-12,15-19H2,1H3;(H,3,4)(H,5,6). The van der Waals surface area contributed by atoms with Gasteiger partial charge in [-0.25, -0.2) is 9.59 Å². The number of benzene rings is 3. The number of nitrogens with zero attached hydrogens (tertiary/aromatic N) is 3. The van der Waals surface area contributed by atoms with E-state index in [0.29, 0.717) is 11.4 Å². The molecule has 2 heterocycles. The lowest BCUT2D eigenvalue weighted by atomic mass is 10.0. The van der Waals surface area contributed by atoms with Crippen LogP contribution in [0.25, 0.3) is 0 Å². The highest BCUT2D eigenvalue weighted by atomic mass is 35.5. The van der Waals surface area contributed by atoms with Crippen LogP contribution in [0.2, 0.25) is 5.02 Å². The molecule has 1 amide bonds. The molecule has 10 heteroatoms. The second kappa shape index (κ2) is 14.0. The fourth-order valence-corrected chi connectivity index (χ4v) is 5.33. The van der Waals surface area contributed by atoms with Gasteiger partial charge in [-0.1, -0.05) is 41.9 Å².